The van der Waals surface area contributed by atoms with Gasteiger partial charge in [-0.15, -0.1) is 12.4 Å². The van der Waals surface area contributed by atoms with Crippen molar-refractivity contribution in [3.63, 3.8) is 0 Å². The third kappa shape index (κ3) is 6.79. The lowest BCUT2D eigenvalue weighted by atomic mass is 9.69. The molecule has 0 saturated carbocycles. The van der Waals surface area contributed by atoms with Crippen molar-refractivity contribution in [2.24, 2.45) is 5.92 Å². The van der Waals surface area contributed by atoms with E-state index in [0.29, 0.717) is 11.5 Å². The van der Waals surface area contributed by atoms with Crippen molar-refractivity contribution in [3.05, 3.63) is 53.6 Å². The molecule has 32 heavy (non-hydrogen) atoms. The van der Waals surface area contributed by atoms with Crippen LogP contribution in [-0.2, 0) is 11.8 Å². The van der Waals surface area contributed by atoms with E-state index in [0.717, 1.165) is 43.7 Å². The van der Waals surface area contributed by atoms with Crippen LogP contribution in [0.1, 0.15) is 37.8 Å². The van der Waals surface area contributed by atoms with Crippen molar-refractivity contribution in [2.45, 2.75) is 38.5 Å². The van der Waals surface area contributed by atoms with Crippen molar-refractivity contribution in [3.8, 4) is 23.3 Å². The van der Waals surface area contributed by atoms with Crippen LogP contribution in [0.4, 0.5) is 0 Å². The van der Waals surface area contributed by atoms with Gasteiger partial charge in [-0.1, -0.05) is 32.0 Å². The highest BCUT2D eigenvalue weighted by molar-refractivity contribution is 5.85. The standard InChI is InChI=1S/C26H36N2O3.ClH/c1-20(2)26(19-27,22-11-12-24(30-5)25(18-22)31-6)14-8-15-28(3)16-13-21-9-7-10-23(17-21)29-4;/h7,9-12,17-18,20H,8,13-16H2,1-6H3;1H. The molecule has 2 aromatic carbocycles. The lowest BCUT2D eigenvalue weighted by Gasteiger charge is -2.32. The number of likely N-dealkylation sites (N-methyl/N-ethyl adjacent to an activating group) is 1. The predicted molar refractivity (Wildman–Crippen MR) is 132 cm³/mol. The number of methoxy groups -OCH3 is 3. The van der Waals surface area contributed by atoms with Gasteiger partial charge in [-0.25, -0.2) is 0 Å². The molecule has 0 spiro atoms. The summed E-state index contributed by atoms with van der Waals surface area (Å²) in [6, 6.07) is 16.7. The average Bonchev–Trinajstić information content (AvgIpc) is 2.80. The van der Waals surface area contributed by atoms with Crippen LogP contribution in [0.5, 0.6) is 17.2 Å². The average molecular weight is 461 g/mol. The van der Waals surface area contributed by atoms with Crippen molar-refractivity contribution in [1.29, 1.82) is 5.26 Å². The second-order valence-corrected chi connectivity index (χ2v) is 8.32. The maximum Gasteiger partial charge on any atom is 0.161 e. The van der Waals surface area contributed by atoms with Gasteiger partial charge in [-0.05, 0) is 74.2 Å². The molecule has 0 saturated heterocycles. The smallest absolute Gasteiger partial charge is 0.161 e. The summed E-state index contributed by atoms with van der Waals surface area (Å²) in [5.74, 6) is 2.42. The van der Waals surface area contributed by atoms with Gasteiger partial charge in [0.15, 0.2) is 11.5 Å². The Morgan fingerprint density at radius 1 is 0.969 bits per heavy atom. The number of nitrogens with zero attached hydrogens (tertiary/aromatic N) is 2. The molecular formula is C26H37ClN2O3. The molecule has 1 atom stereocenters. The zero-order valence-corrected chi connectivity index (χ0v) is 21.0. The Morgan fingerprint density at radius 2 is 1.69 bits per heavy atom. The molecular weight excluding hydrogens is 424 g/mol. The second-order valence-electron chi connectivity index (χ2n) is 8.32. The molecule has 2 aromatic rings. The summed E-state index contributed by atoms with van der Waals surface area (Å²) in [6.45, 7) is 6.14. The van der Waals surface area contributed by atoms with E-state index in [1.807, 2.05) is 30.3 Å². The molecule has 0 aliphatic heterocycles. The highest BCUT2D eigenvalue weighted by Crippen LogP contribution is 2.40. The fourth-order valence-corrected chi connectivity index (χ4v) is 4.02. The van der Waals surface area contributed by atoms with E-state index < -0.39 is 5.41 Å². The first kappa shape index (κ1) is 27.6. The van der Waals surface area contributed by atoms with Crippen LogP contribution in [0.3, 0.4) is 0 Å². The summed E-state index contributed by atoms with van der Waals surface area (Å²) in [4.78, 5) is 2.33. The molecule has 176 valence electrons. The quantitative estimate of drug-likeness (QED) is 0.418. The summed E-state index contributed by atoms with van der Waals surface area (Å²) >= 11 is 0. The Morgan fingerprint density at radius 3 is 2.28 bits per heavy atom. The fourth-order valence-electron chi connectivity index (χ4n) is 4.02. The zero-order valence-electron chi connectivity index (χ0n) is 20.2. The van der Waals surface area contributed by atoms with Crippen molar-refractivity contribution < 1.29 is 14.2 Å². The van der Waals surface area contributed by atoms with E-state index in [9.17, 15) is 5.26 Å². The minimum atomic E-state index is -0.562. The number of rotatable bonds is 12. The van der Waals surface area contributed by atoms with Gasteiger partial charge >= 0.3 is 0 Å². The first-order valence-corrected chi connectivity index (χ1v) is 10.9. The predicted octanol–water partition coefficient (Wildman–Crippen LogP) is 5.51. The number of halogens is 1. The number of benzene rings is 2. The van der Waals surface area contributed by atoms with E-state index in [-0.39, 0.29) is 18.3 Å². The first-order valence-electron chi connectivity index (χ1n) is 10.9. The van der Waals surface area contributed by atoms with Crippen LogP contribution >= 0.6 is 12.4 Å². The molecule has 6 heteroatoms. The highest BCUT2D eigenvalue weighted by Gasteiger charge is 2.36. The zero-order chi connectivity index (χ0) is 22.9. The van der Waals surface area contributed by atoms with E-state index in [1.54, 1.807) is 21.3 Å². The van der Waals surface area contributed by atoms with Gasteiger partial charge in [0.1, 0.15) is 5.75 Å². The molecule has 0 fully saturated rings. The van der Waals surface area contributed by atoms with Crippen LogP contribution in [0.25, 0.3) is 0 Å². The van der Waals surface area contributed by atoms with Crippen LogP contribution in [0.2, 0.25) is 0 Å². The van der Waals surface area contributed by atoms with Crippen LogP contribution in [-0.4, -0.2) is 46.4 Å². The first-order chi connectivity index (χ1) is 14.9. The summed E-state index contributed by atoms with van der Waals surface area (Å²) in [7, 11) is 7.08. The van der Waals surface area contributed by atoms with Gasteiger partial charge in [-0.2, -0.15) is 5.26 Å². The Bertz CT molecular complexity index is 882. The molecule has 0 N–H and O–H groups in total. The minimum Gasteiger partial charge on any atom is -0.497 e. The topological polar surface area (TPSA) is 54.7 Å². The maximum absolute atomic E-state index is 10.2. The van der Waals surface area contributed by atoms with Gasteiger partial charge in [-0.3, -0.25) is 0 Å². The van der Waals surface area contributed by atoms with Crippen LogP contribution < -0.4 is 14.2 Å². The monoisotopic (exact) mass is 460 g/mol. The highest BCUT2D eigenvalue weighted by atomic mass is 35.5. The summed E-state index contributed by atoms with van der Waals surface area (Å²) < 4.78 is 16.2. The molecule has 0 aromatic heterocycles. The number of ether oxygens (including phenoxy) is 3. The Labute approximate surface area is 199 Å². The van der Waals surface area contributed by atoms with Gasteiger partial charge < -0.3 is 19.1 Å². The Balaban J connectivity index is 0.00000512. The molecule has 0 radical (unpaired) electrons. The molecule has 0 aliphatic rings. The molecule has 0 bridgehead atoms. The lowest BCUT2D eigenvalue weighted by molar-refractivity contribution is 0.292. The summed E-state index contributed by atoms with van der Waals surface area (Å²) in [6.07, 6.45) is 2.70. The molecule has 0 heterocycles. The van der Waals surface area contributed by atoms with E-state index >= 15 is 0 Å². The van der Waals surface area contributed by atoms with Gasteiger partial charge in [0.2, 0.25) is 0 Å². The van der Waals surface area contributed by atoms with Crippen molar-refractivity contribution in [2.75, 3.05) is 41.5 Å². The maximum atomic E-state index is 10.2. The fraction of sp³-hybridized carbons (Fsp3) is 0.500. The van der Waals surface area contributed by atoms with Gasteiger partial charge in [0, 0.05) is 6.54 Å². The molecule has 0 amide bonds. The number of hydrogen-bond acceptors (Lipinski definition) is 5. The minimum absolute atomic E-state index is 0. The van der Waals surface area contributed by atoms with Crippen LogP contribution in [0, 0.1) is 17.2 Å². The Hall–Kier alpha value is -2.42. The lowest BCUT2D eigenvalue weighted by Crippen LogP contribution is -2.32. The normalized spacial score (nSPS) is 12.6. The van der Waals surface area contributed by atoms with Crippen LogP contribution in [0.15, 0.2) is 42.5 Å². The third-order valence-corrected chi connectivity index (χ3v) is 6.11. The Kier molecular flexibility index (Phi) is 11.4. The molecule has 5 nitrogen and oxygen atoms in total. The summed E-state index contributed by atoms with van der Waals surface area (Å²) in [5.41, 5.74) is 1.69. The molecule has 0 aliphatic carbocycles. The van der Waals surface area contributed by atoms with Crippen molar-refractivity contribution >= 4 is 12.4 Å². The molecule has 1 unspecified atom stereocenters. The van der Waals surface area contributed by atoms with Crippen molar-refractivity contribution in [1.82, 2.24) is 4.90 Å². The number of hydrogen-bond donors (Lipinski definition) is 0. The second kappa shape index (κ2) is 13.2. The van der Waals surface area contributed by atoms with E-state index in [1.165, 1.54) is 5.56 Å². The third-order valence-electron chi connectivity index (χ3n) is 6.11. The van der Waals surface area contributed by atoms with E-state index in [4.69, 9.17) is 14.2 Å². The van der Waals surface area contributed by atoms with Gasteiger partial charge in [0.25, 0.3) is 0 Å². The largest absolute Gasteiger partial charge is 0.497 e. The van der Waals surface area contributed by atoms with Gasteiger partial charge in [0.05, 0.1) is 32.8 Å². The number of nitriles is 1. The SMILES string of the molecule is COc1cccc(CCN(C)CCCC(C#N)(c2ccc(OC)c(OC)c2)C(C)C)c1.Cl. The molecule has 2 rings (SSSR count). The van der Waals surface area contributed by atoms with E-state index in [2.05, 4.69) is 44.0 Å². The summed E-state index contributed by atoms with van der Waals surface area (Å²) in [5, 5.41) is 10.2.